The van der Waals surface area contributed by atoms with Crippen molar-refractivity contribution >= 4 is 15.9 Å². The number of carbonyl (C=O) groups is 1. The Kier molecular flexibility index (Phi) is 5.01. The summed E-state index contributed by atoms with van der Waals surface area (Å²) in [5.41, 5.74) is 0.604. The lowest BCUT2D eigenvalue weighted by Gasteiger charge is -2.40. The van der Waals surface area contributed by atoms with E-state index in [1.807, 2.05) is 4.90 Å². The van der Waals surface area contributed by atoms with Crippen molar-refractivity contribution in [2.75, 3.05) is 19.3 Å². The quantitative estimate of drug-likeness (QED) is 0.832. The van der Waals surface area contributed by atoms with Crippen LogP contribution in [0.4, 0.5) is 0 Å². The first-order valence-corrected chi connectivity index (χ1v) is 10.5. The van der Waals surface area contributed by atoms with Crippen LogP contribution in [0.1, 0.15) is 54.6 Å². The van der Waals surface area contributed by atoms with Gasteiger partial charge in [0.15, 0.2) is 0 Å². The molecule has 1 aromatic rings. The molecule has 1 atom stereocenters. The molecule has 1 aromatic heterocycles. The van der Waals surface area contributed by atoms with Crippen LogP contribution in [-0.2, 0) is 10.0 Å². The summed E-state index contributed by atoms with van der Waals surface area (Å²) in [4.78, 5) is 14.5. The third kappa shape index (κ3) is 3.52. The van der Waals surface area contributed by atoms with Gasteiger partial charge < -0.3 is 9.32 Å². The van der Waals surface area contributed by atoms with Gasteiger partial charge in [-0.05, 0) is 45.1 Å². The first kappa shape index (κ1) is 17.5. The van der Waals surface area contributed by atoms with E-state index in [4.69, 9.17) is 4.42 Å². The fourth-order valence-electron chi connectivity index (χ4n) is 3.79. The van der Waals surface area contributed by atoms with Crippen LogP contribution >= 0.6 is 0 Å². The van der Waals surface area contributed by atoms with E-state index in [1.165, 1.54) is 12.5 Å². The molecule has 1 saturated carbocycles. The van der Waals surface area contributed by atoms with Gasteiger partial charge in [-0.2, -0.15) is 4.31 Å². The first-order valence-electron chi connectivity index (χ1n) is 8.70. The Bertz CT molecular complexity index is 693. The molecule has 3 rings (SSSR count). The Labute approximate surface area is 143 Å². The molecule has 1 saturated heterocycles. The Morgan fingerprint density at radius 1 is 1.17 bits per heavy atom. The zero-order chi connectivity index (χ0) is 17.3. The van der Waals surface area contributed by atoms with Crippen LogP contribution < -0.4 is 0 Å². The van der Waals surface area contributed by atoms with Crippen molar-refractivity contribution in [1.29, 1.82) is 0 Å². The topological polar surface area (TPSA) is 70.8 Å². The first-order chi connectivity index (χ1) is 11.4. The third-order valence-electron chi connectivity index (χ3n) is 5.25. The summed E-state index contributed by atoms with van der Waals surface area (Å²) in [7, 11) is -3.21. The van der Waals surface area contributed by atoms with E-state index in [9.17, 15) is 13.2 Å². The minimum atomic E-state index is -3.21. The van der Waals surface area contributed by atoms with Gasteiger partial charge in [0, 0.05) is 25.2 Å². The summed E-state index contributed by atoms with van der Waals surface area (Å²) >= 11 is 0. The fourth-order valence-corrected chi connectivity index (χ4v) is 5.30. The summed E-state index contributed by atoms with van der Waals surface area (Å²) < 4.78 is 31.5. The predicted molar refractivity (Wildman–Crippen MR) is 91.3 cm³/mol. The average Bonchev–Trinajstić information content (AvgIpc) is 2.75. The molecule has 0 N–H and O–H groups in total. The van der Waals surface area contributed by atoms with Crippen molar-refractivity contribution in [2.45, 2.75) is 57.5 Å². The molecule has 0 unspecified atom stereocenters. The van der Waals surface area contributed by atoms with Crippen LogP contribution in [0.15, 0.2) is 16.7 Å². The number of likely N-dealkylation sites (tertiary alicyclic amines) is 1. The molecule has 0 spiro atoms. The van der Waals surface area contributed by atoms with Crippen molar-refractivity contribution < 1.29 is 17.6 Å². The number of sulfonamides is 1. The summed E-state index contributed by atoms with van der Waals surface area (Å²) in [6.45, 7) is 3.05. The Morgan fingerprint density at radius 3 is 2.38 bits per heavy atom. The molecule has 2 aliphatic rings. The molecule has 134 valence electrons. The lowest BCUT2D eigenvalue weighted by atomic mass is 9.91. The molecule has 1 aliphatic heterocycles. The van der Waals surface area contributed by atoms with E-state index < -0.39 is 10.0 Å². The lowest BCUT2D eigenvalue weighted by molar-refractivity contribution is 0.0755. The molecule has 7 heteroatoms. The normalized spacial score (nSPS) is 23.1. The zero-order valence-electron chi connectivity index (χ0n) is 14.4. The molecule has 0 radical (unpaired) electrons. The second-order valence-electron chi connectivity index (χ2n) is 6.95. The molecule has 0 bridgehead atoms. The number of hydrogen-bond donors (Lipinski definition) is 0. The van der Waals surface area contributed by atoms with Gasteiger partial charge in [0.05, 0.1) is 18.1 Å². The zero-order valence-corrected chi connectivity index (χ0v) is 15.2. The SMILES string of the molecule is Cc1occc1C(=O)N1CCC[C@@H](N(C2CCC2)S(C)(=O)=O)CC1. The summed E-state index contributed by atoms with van der Waals surface area (Å²) in [6, 6.07) is 1.87. The van der Waals surface area contributed by atoms with Gasteiger partial charge in [-0.3, -0.25) is 4.79 Å². The minimum Gasteiger partial charge on any atom is -0.469 e. The van der Waals surface area contributed by atoms with Crippen molar-refractivity contribution in [3.63, 3.8) is 0 Å². The number of carbonyl (C=O) groups excluding carboxylic acids is 1. The van der Waals surface area contributed by atoms with Crippen molar-refractivity contribution in [3.05, 3.63) is 23.7 Å². The highest BCUT2D eigenvalue weighted by atomic mass is 32.2. The molecule has 2 heterocycles. The minimum absolute atomic E-state index is 0.00791. The van der Waals surface area contributed by atoms with E-state index in [0.29, 0.717) is 30.8 Å². The number of amides is 1. The van der Waals surface area contributed by atoms with Crippen LogP contribution in [0, 0.1) is 6.92 Å². The number of aryl methyl sites for hydroxylation is 1. The largest absolute Gasteiger partial charge is 0.469 e. The molecule has 24 heavy (non-hydrogen) atoms. The van der Waals surface area contributed by atoms with Gasteiger partial charge in [-0.25, -0.2) is 8.42 Å². The van der Waals surface area contributed by atoms with Gasteiger partial charge in [-0.15, -0.1) is 0 Å². The smallest absolute Gasteiger partial charge is 0.257 e. The van der Waals surface area contributed by atoms with Crippen LogP contribution in [0.5, 0.6) is 0 Å². The summed E-state index contributed by atoms with van der Waals surface area (Å²) in [5, 5.41) is 0. The Morgan fingerprint density at radius 2 is 1.83 bits per heavy atom. The predicted octanol–water partition coefficient (Wildman–Crippen LogP) is 2.40. The monoisotopic (exact) mass is 354 g/mol. The average molecular weight is 354 g/mol. The Balaban J connectivity index is 1.70. The van der Waals surface area contributed by atoms with E-state index in [1.54, 1.807) is 17.3 Å². The summed E-state index contributed by atoms with van der Waals surface area (Å²) in [6.07, 6.45) is 8.21. The van der Waals surface area contributed by atoms with Gasteiger partial charge in [0.1, 0.15) is 5.76 Å². The fraction of sp³-hybridized carbons (Fsp3) is 0.706. The molecular weight excluding hydrogens is 328 g/mol. The molecule has 2 fully saturated rings. The van der Waals surface area contributed by atoms with Gasteiger partial charge >= 0.3 is 0 Å². The van der Waals surface area contributed by atoms with Crippen LogP contribution in [0.25, 0.3) is 0 Å². The molecular formula is C17H26N2O4S. The number of furan rings is 1. The third-order valence-corrected chi connectivity index (χ3v) is 6.61. The molecule has 1 amide bonds. The van der Waals surface area contributed by atoms with E-state index >= 15 is 0 Å². The summed E-state index contributed by atoms with van der Waals surface area (Å²) in [5.74, 6) is 0.615. The molecule has 1 aliphatic carbocycles. The highest BCUT2D eigenvalue weighted by Gasteiger charge is 2.37. The maximum absolute atomic E-state index is 12.6. The number of rotatable bonds is 4. The highest BCUT2D eigenvalue weighted by Crippen LogP contribution is 2.32. The van der Waals surface area contributed by atoms with Crippen molar-refractivity contribution in [3.8, 4) is 0 Å². The van der Waals surface area contributed by atoms with E-state index in [-0.39, 0.29) is 18.0 Å². The molecule has 6 nitrogen and oxygen atoms in total. The van der Waals surface area contributed by atoms with E-state index in [0.717, 1.165) is 32.1 Å². The lowest BCUT2D eigenvalue weighted by Crippen LogP contribution is -2.50. The van der Waals surface area contributed by atoms with Gasteiger partial charge in [-0.1, -0.05) is 6.42 Å². The van der Waals surface area contributed by atoms with Crippen LogP contribution in [-0.4, -0.2) is 55.0 Å². The highest BCUT2D eigenvalue weighted by molar-refractivity contribution is 7.88. The van der Waals surface area contributed by atoms with Crippen LogP contribution in [0.3, 0.4) is 0 Å². The standard InChI is InChI=1S/C17H26N2O4S/c1-13-16(9-12-23-13)17(20)18-10-4-7-15(8-11-18)19(24(2,21)22)14-5-3-6-14/h9,12,14-15H,3-8,10-11H2,1-2H3/t15-/m1/s1. The second kappa shape index (κ2) is 6.88. The van der Waals surface area contributed by atoms with Crippen molar-refractivity contribution in [2.24, 2.45) is 0 Å². The number of hydrogen-bond acceptors (Lipinski definition) is 4. The van der Waals surface area contributed by atoms with E-state index in [2.05, 4.69) is 0 Å². The maximum atomic E-state index is 12.6. The van der Waals surface area contributed by atoms with Crippen LogP contribution in [0.2, 0.25) is 0 Å². The van der Waals surface area contributed by atoms with Gasteiger partial charge in [0.2, 0.25) is 10.0 Å². The maximum Gasteiger partial charge on any atom is 0.257 e. The Hall–Kier alpha value is -1.34. The number of nitrogens with zero attached hydrogens (tertiary/aromatic N) is 2. The second-order valence-corrected chi connectivity index (χ2v) is 8.83. The van der Waals surface area contributed by atoms with Crippen molar-refractivity contribution in [1.82, 2.24) is 9.21 Å². The molecule has 0 aromatic carbocycles. The van der Waals surface area contributed by atoms with Gasteiger partial charge in [0.25, 0.3) is 5.91 Å².